The average molecular weight is 237 g/mol. The molecule has 0 aliphatic heterocycles. The van der Waals surface area contributed by atoms with Crippen LogP contribution in [-0.4, -0.2) is 30.1 Å². The molecule has 17 heavy (non-hydrogen) atoms. The van der Waals surface area contributed by atoms with E-state index in [0.717, 1.165) is 25.7 Å². The van der Waals surface area contributed by atoms with Gasteiger partial charge in [0, 0.05) is 20.0 Å². The molecule has 1 aromatic heterocycles. The summed E-state index contributed by atoms with van der Waals surface area (Å²) in [4.78, 5) is 13.1. The molecule has 1 N–H and O–H groups in total. The molecule has 1 aliphatic rings. The number of likely N-dealkylation sites (N-methyl/N-ethyl adjacent to an activating group) is 1. The first-order valence-electron chi connectivity index (χ1n) is 6.11. The highest BCUT2D eigenvalue weighted by Crippen LogP contribution is 2.27. The van der Waals surface area contributed by atoms with Gasteiger partial charge in [-0.3, -0.25) is 4.79 Å². The van der Waals surface area contributed by atoms with Gasteiger partial charge in [0.1, 0.15) is 0 Å². The maximum absolute atomic E-state index is 11.2. The van der Waals surface area contributed by atoms with E-state index < -0.39 is 0 Å². The SMILES string of the molecule is CC(=O)c1ccc(N(C)C2CCCCC2O)o1. The summed E-state index contributed by atoms with van der Waals surface area (Å²) in [6.07, 6.45) is 3.72. The number of Topliss-reactive ketones (excluding diaryl/α,β-unsaturated/α-hetero) is 1. The van der Waals surface area contributed by atoms with Crippen LogP contribution in [0.3, 0.4) is 0 Å². The Labute approximate surface area is 101 Å². The maximum Gasteiger partial charge on any atom is 0.196 e. The molecular weight excluding hydrogens is 218 g/mol. The predicted octanol–water partition coefficient (Wildman–Crippen LogP) is 2.22. The average Bonchev–Trinajstić information content (AvgIpc) is 2.78. The standard InChI is InChI=1S/C13H19NO3/c1-9(15)12-7-8-13(17-12)14(2)10-5-3-4-6-11(10)16/h7-8,10-11,16H,3-6H2,1-2H3. The van der Waals surface area contributed by atoms with Gasteiger partial charge in [-0.05, 0) is 18.9 Å². The van der Waals surface area contributed by atoms with Gasteiger partial charge in [-0.15, -0.1) is 0 Å². The molecular formula is C13H19NO3. The highest BCUT2D eigenvalue weighted by Gasteiger charge is 2.28. The lowest BCUT2D eigenvalue weighted by Gasteiger charge is -2.34. The second-order valence-corrected chi connectivity index (χ2v) is 4.72. The fraction of sp³-hybridized carbons (Fsp3) is 0.615. The lowest BCUT2D eigenvalue weighted by molar-refractivity contribution is 0.0982. The van der Waals surface area contributed by atoms with Crippen LogP contribution in [0.25, 0.3) is 0 Å². The smallest absolute Gasteiger partial charge is 0.196 e. The minimum atomic E-state index is -0.306. The Bertz CT molecular complexity index is 399. The molecule has 4 heteroatoms. The van der Waals surface area contributed by atoms with Crippen LogP contribution in [0, 0.1) is 0 Å². The zero-order valence-corrected chi connectivity index (χ0v) is 10.3. The van der Waals surface area contributed by atoms with Crippen molar-refractivity contribution in [2.75, 3.05) is 11.9 Å². The van der Waals surface area contributed by atoms with Gasteiger partial charge in [0.25, 0.3) is 0 Å². The Morgan fingerprint density at radius 1 is 1.41 bits per heavy atom. The number of hydrogen-bond donors (Lipinski definition) is 1. The van der Waals surface area contributed by atoms with Gasteiger partial charge < -0.3 is 14.4 Å². The number of rotatable bonds is 3. The fourth-order valence-corrected chi connectivity index (χ4v) is 2.41. The second-order valence-electron chi connectivity index (χ2n) is 4.72. The molecule has 0 aromatic carbocycles. The zero-order chi connectivity index (χ0) is 12.4. The van der Waals surface area contributed by atoms with E-state index in [1.165, 1.54) is 6.92 Å². The maximum atomic E-state index is 11.2. The first-order valence-corrected chi connectivity index (χ1v) is 6.11. The van der Waals surface area contributed by atoms with Crippen molar-refractivity contribution in [3.63, 3.8) is 0 Å². The summed E-state index contributed by atoms with van der Waals surface area (Å²) in [5.41, 5.74) is 0. The van der Waals surface area contributed by atoms with Gasteiger partial charge in [0.2, 0.25) is 0 Å². The van der Waals surface area contributed by atoms with Gasteiger partial charge in [0.05, 0.1) is 12.1 Å². The van der Waals surface area contributed by atoms with Gasteiger partial charge in [-0.25, -0.2) is 0 Å². The van der Waals surface area contributed by atoms with E-state index in [1.54, 1.807) is 12.1 Å². The molecule has 1 saturated carbocycles. The van der Waals surface area contributed by atoms with Crippen molar-refractivity contribution in [3.05, 3.63) is 17.9 Å². The van der Waals surface area contributed by atoms with Crippen molar-refractivity contribution in [1.82, 2.24) is 0 Å². The quantitative estimate of drug-likeness (QED) is 0.819. The molecule has 0 spiro atoms. The van der Waals surface area contributed by atoms with Gasteiger partial charge in [-0.1, -0.05) is 12.8 Å². The molecule has 2 rings (SSSR count). The summed E-state index contributed by atoms with van der Waals surface area (Å²) in [6, 6.07) is 3.57. The Morgan fingerprint density at radius 3 is 2.71 bits per heavy atom. The van der Waals surface area contributed by atoms with Crippen molar-refractivity contribution in [1.29, 1.82) is 0 Å². The number of ketones is 1. The number of carbonyl (C=O) groups is 1. The topological polar surface area (TPSA) is 53.7 Å². The normalized spacial score (nSPS) is 24.6. The minimum Gasteiger partial charge on any atom is -0.437 e. The molecule has 0 radical (unpaired) electrons. The van der Waals surface area contributed by atoms with Crippen molar-refractivity contribution in [2.24, 2.45) is 0 Å². The van der Waals surface area contributed by atoms with Crippen LogP contribution in [0.5, 0.6) is 0 Å². The summed E-state index contributed by atoms with van der Waals surface area (Å²) in [5, 5.41) is 9.97. The molecule has 2 unspecified atom stereocenters. The van der Waals surface area contributed by atoms with Crippen molar-refractivity contribution in [2.45, 2.75) is 44.8 Å². The first kappa shape index (κ1) is 12.2. The van der Waals surface area contributed by atoms with Crippen LogP contribution in [0.1, 0.15) is 43.2 Å². The summed E-state index contributed by atoms with van der Waals surface area (Å²) < 4.78 is 5.47. The van der Waals surface area contributed by atoms with E-state index in [2.05, 4.69) is 0 Å². The molecule has 1 fully saturated rings. The third-order valence-corrected chi connectivity index (χ3v) is 3.48. The van der Waals surface area contributed by atoms with E-state index in [9.17, 15) is 9.90 Å². The number of carbonyl (C=O) groups excluding carboxylic acids is 1. The molecule has 2 atom stereocenters. The van der Waals surface area contributed by atoms with Crippen LogP contribution in [0.15, 0.2) is 16.5 Å². The fourth-order valence-electron chi connectivity index (χ4n) is 2.41. The molecule has 1 heterocycles. The number of anilines is 1. The van der Waals surface area contributed by atoms with E-state index in [-0.39, 0.29) is 17.9 Å². The van der Waals surface area contributed by atoms with Crippen LogP contribution < -0.4 is 4.90 Å². The Balaban J connectivity index is 2.12. The van der Waals surface area contributed by atoms with E-state index >= 15 is 0 Å². The number of hydrogen-bond acceptors (Lipinski definition) is 4. The highest BCUT2D eigenvalue weighted by molar-refractivity contribution is 5.91. The number of furan rings is 1. The lowest BCUT2D eigenvalue weighted by Crippen LogP contribution is -2.43. The highest BCUT2D eigenvalue weighted by atomic mass is 16.4. The molecule has 1 aromatic rings. The van der Waals surface area contributed by atoms with Gasteiger partial charge in [0.15, 0.2) is 17.4 Å². The molecule has 4 nitrogen and oxygen atoms in total. The van der Waals surface area contributed by atoms with E-state index in [4.69, 9.17) is 4.42 Å². The monoisotopic (exact) mass is 237 g/mol. The molecule has 1 aliphatic carbocycles. The van der Waals surface area contributed by atoms with Crippen molar-refractivity contribution < 1.29 is 14.3 Å². The number of nitrogens with zero attached hydrogens (tertiary/aromatic N) is 1. The number of aliphatic hydroxyl groups excluding tert-OH is 1. The Kier molecular flexibility index (Phi) is 3.52. The van der Waals surface area contributed by atoms with Crippen LogP contribution in [-0.2, 0) is 0 Å². The first-order chi connectivity index (χ1) is 8.09. The lowest BCUT2D eigenvalue weighted by atomic mass is 9.92. The molecule has 0 saturated heterocycles. The minimum absolute atomic E-state index is 0.0751. The predicted molar refractivity (Wildman–Crippen MR) is 65.4 cm³/mol. The third-order valence-electron chi connectivity index (χ3n) is 3.48. The van der Waals surface area contributed by atoms with E-state index in [0.29, 0.717) is 11.6 Å². The zero-order valence-electron chi connectivity index (χ0n) is 10.3. The van der Waals surface area contributed by atoms with Gasteiger partial charge >= 0.3 is 0 Å². The number of aliphatic hydroxyl groups is 1. The molecule has 0 bridgehead atoms. The third kappa shape index (κ3) is 2.52. The summed E-state index contributed by atoms with van der Waals surface area (Å²) >= 11 is 0. The van der Waals surface area contributed by atoms with Crippen molar-refractivity contribution >= 4 is 11.7 Å². The van der Waals surface area contributed by atoms with Crippen molar-refractivity contribution in [3.8, 4) is 0 Å². The largest absolute Gasteiger partial charge is 0.437 e. The Morgan fingerprint density at radius 2 is 2.12 bits per heavy atom. The summed E-state index contributed by atoms with van der Waals surface area (Å²) in [7, 11) is 1.90. The second kappa shape index (κ2) is 4.92. The Hall–Kier alpha value is -1.29. The van der Waals surface area contributed by atoms with E-state index in [1.807, 2.05) is 11.9 Å². The van der Waals surface area contributed by atoms with Gasteiger partial charge in [-0.2, -0.15) is 0 Å². The summed E-state index contributed by atoms with van der Waals surface area (Å²) in [5.74, 6) is 0.951. The molecule has 94 valence electrons. The summed E-state index contributed by atoms with van der Waals surface area (Å²) in [6.45, 7) is 1.48. The van der Waals surface area contributed by atoms with Crippen LogP contribution in [0.2, 0.25) is 0 Å². The van der Waals surface area contributed by atoms with Crippen LogP contribution >= 0.6 is 0 Å². The molecule has 0 amide bonds. The van der Waals surface area contributed by atoms with Crippen LogP contribution in [0.4, 0.5) is 5.88 Å².